The Balaban J connectivity index is 1.41. The Kier molecular flexibility index (Phi) is 5.36. The quantitative estimate of drug-likeness (QED) is 0.910. The minimum absolute atomic E-state index is 0.0504. The smallest absolute Gasteiger partial charge is 0.251 e. The van der Waals surface area contributed by atoms with Crippen LogP contribution in [0.3, 0.4) is 0 Å². The fourth-order valence-electron chi connectivity index (χ4n) is 2.94. The van der Waals surface area contributed by atoms with Crippen LogP contribution in [-0.2, 0) is 6.54 Å². The Bertz CT molecular complexity index is 634. The van der Waals surface area contributed by atoms with Gasteiger partial charge in [0.05, 0.1) is 12.8 Å². The number of hydrogen-bond acceptors (Lipinski definition) is 3. The summed E-state index contributed by atoms with van der Waals surface area (Å²) in [5, 5.41) is 3.61. The Morgan fingerprint density at radius 1 is 1.26 bits per heavy atom. The molecule has 3 rings (SSSR count). The number of hydrogen-bond donors (Lipinski definition) is 1. The van der Waals surface area contributed by atoms with Crippen LogP contribution in [0.1, 0.15) is 29.0 Å². The maximum absolute atomic E-state index is 12.1. The zero-order chi connectivity index (χ0) is 16.1. The average Bonchev–Trinajstić information content (AvgIpc) is 3.07. The van der Waals surface area contributed by atoms with Crippen LogP contribution >= 0.6 is 11.6 Å². The highest BCUT2D eigenvalue weighted by Crippen LogP contribution is 2.19. The molecular weight excluding hydrogens is 312 g/mol. The second-order valence-corrected chi connectivity index (χ2v) is 6.46. The van der Waals surface area contributed by atoms with E-state index < -0.39 is 0 Å². The highest BCUT2D eigenvalue weighted by molar-refractivity contribution is 6.30. The van der Waals surface area contributed by atoms with Gasteiger partial charge in [0.1, 0.15) is 5.76 Å². The first-order valence-electron chi connectivity index (χ1n) is 7.99. The SMILES string of the molecule is O=C(NCC1CCN(Cc2ccco2)CC1)c1cccc(Cl)c1. The molecule has 0 radical (unpaired) electrons. The number of piperidine rings is 1. The van der Waals surface area contributed by atoms with Gasteiger partial charge in [-0.25, -0.2) is 0 Å². The molecule has 1 N–H and O–H groups in total. The van der Waals surface area contributed by atoms with Crippen LogP contribution in [0.2, 0.25) is 5.02 Å². The molecule has 1 fully saturated rings. The van der Waals surface area contributed by atoms with E-state index in [1.54, 1.807) is 30.5 Å². The van der Waals surface area contributed by atoms with Crippen LogP contribution < -0.4 is 5.32 Å². The van der Waals surface area contributed by atoms with Crippen molar-refractivity contribution in [3.05, 3.63) is 59.0 Å². The Morgan fingerprint density at radius 3 is 2.78 bits per heavy atom. The highest BCUT2D eigenvalue weighted by atomic mass is 35.5. The van der Waals surface area contributed by atoms with E-state index in [1.165, 1.54) is 0 Å². The predicted molar refractivity (Wildman–Crippen MR) is 90.5 cm³/mol. The molecule has 1 aromatic heterocycles. The van der Waals surface area contributed by atoms with E-state index in [2.05, 4.69) is 10.2 Å². The summed E-state index contributed by atoms with van der Waals surface area (Å²) in [5.74, 6) is 1.49. The van der Waals surface area contributed by atoms with E-state index in [4.69, 9.17) is 16.0 Å². The van der Waals surface area contributed by atoms with Crippen LogP contribution in [0.5, 0.6) is 0 Å². The third kappa shape index (κ3) is 4.60. The summed E-state index contributed by atoms with van der Waals surface area (Å²) in [7, 11) is 0. The summed E-state index contributed by atoms with van der Waals surface area (Å²) in [5.41, 5.74) is 0.618. The standard InChI is InChI=1S/C18H21ClN2O2/c19-16-4-1-3-15(11-16)18(22)20-12-14-6-8-21(9-7-14)13-17-5-2-10-23-17/h1-5,10-11,14H,6-9,12-13H2,(H,20,22). The Labute approximate surface area is 141 Å². The molecule has 23 heavy (non-hydrogen) atoms. The molecule has 1 aliphatic rings. The van der Waals surface area contributed by atoms with Gasteiger partial charge in [0.15, 0.2) is 0 Å². The lowest BCUT2D eigenvalue weighted by molar-refractivity contribution is 0.0934. The lowest BCUT2D eigenvalue weighted by Gasteiger charge is -2.31. The Morgan fingerprint density at radius 2 is 2.09 bits per heavy atom. The molecule has 0 spiro atoms. The van der Waals surface area contributed by atoms with Gasteiger partial charge in [-0.2, -0.15) is 0 Å². The number of carbonyl (C=O) groups excluding carboxylic acids is 1. The first-order chi connectivity index (χ1) is 11.2. The fourth-order valence-corrected chi connectivity index (χ4v) is 3.13. The van der Waals surface area contributed by atoms with E-state index in [0.29, 0.717) is 16.5 Å². The number of amides is 1. The molecule has 4 nitrogen and oxygen atoms in total. The molecule has 1 aliphatic heterocycles. The van der Waals surface area contributed by atoms with Gasteiger partial charge >= 0.3 is 0 Å². The molecular formula is C18H21ClN2O2. The minimum Gasteiger partial charge on any atom is -0.468 e. The van der Waals surface area contributed by atoms with Gasteiger partial charge in [0.25, 0.3) is 5.91 Å². The van der Waals surface area contributed by atoms with Crippen molar-refractivity contribution in [2.24, 2.45) is 5.92 Å². The lowest BCUT2D eigenvalue weighted by atomic mass is 9.96. The zero-order valence-electron chi connectivity index (χ0n) is 13.0. The van der Waals surface area contributed by atoms with Gasteiger partial charge in [-0.05, 0) is 62.2 Å². The fraction of sp³-hybridized carbons (Fsp3) is 0.389. The molecule has 0 atom stereocenters. The first kappa shape index (κ1) is 16.1. The molecule has 0 unspecified atom stereocenters. The summed E-state index contributed by atoms with van der Waals surface area (Å²) in [6.45, 7) is 3.67. The number of nitrogens with zero attached hydrogens (tertiary/aromatic N) is 1. The highest BCUT2D eigenvalue weighted by Gasteiger charge is 2.20. The van der Waals surface area contributed by atoms with Gasteiger partial charge < -0.3 is 9.73 Å². The number of nitrogens with one attached hydrogen (secondary N) is 1. The average molecular weight is 333 g/mol. The normalized spacial score (nSPS) is 16.4. The van der Waals surface area contributed by atoms with Gasteiger partial charge in [0, 0.05) is 17.1 Å². The summed E-state index contributed by atoms with van der Waals surface area (Å²) < 4.78 is 5.39. The van der Waals surface area contributed by atoms with Crippen LogP contribution in [-0.4, -0.2) is 30.4 Å². The lowest BCUT2D eigenvalue weighted by Crippen LogP contribution is -2.38. The van der Waals surface area contributed by atoms with E-state index in [0.717, 1.165) is 44.8 Å². The van der Waals surface area contributed by atoms with Gasteiger partial charge in [-0.1, -0.05) is 17.7 Å². The van der Waals surface area contributed by atoms with Crippen molar-refractivity contribution < 1.29 is 9.21 Å². The van der Waals surface area contributed by atoms with Crippen LogP contribution in [0.4, 0.5) is 0 Å². The predicted octanol–water partition coefficient (Wildman–Crippen LogP) is 3.58. The van der Waals surface area contributed by atoms with Crippen molar-refractivity contribution in [2.45, 2.75) is 19.4 Å². The second-order valence-electron chi connectivity index (χ2n) is 6.02. The van der Waals surface area contributed by atoms with Gasteiger partial charge in [-0.15, -0.1) is 0 Å². The second kappa shape index (κ2) is 7.66. The van der Waals surface area contributed by atoms with Crippen molar-refractivity contribution >= 4 is 17.5 Å². The number of halogens is 1. The summed E-state index contributed by atoms with van der Waals surface area (Å²) in [6.07, 6.45) is 3.90. The van der Waals surface area contributed by atoms with Gasteiger partial charge in [-0.3, -0.25) is 9.69 Å². The molecule has 1 saturated heterocycles. The van der Waals surface area contributed by atoms with Gasteiger partial charge in [0.2, 0.25) is 0 Å². The number of likely N-dealkylation sites (tertiary alicyclic amines) is 1. The molecule has 1 aromatic carbocycles. The summed E-state index contributed by atoms with van der Waals surface area (Å²) in [6, 6.07) is 11.0. The molecule has 0 bridgehead atoms. The Hall–Kier alpha value is -1.78. The third-order valence-electron chi connectivity index (χ3n) is 4.30. The van der Waals surface area contributed by atoms with E-state index >= 15 is 0 Å². The number of carbonyl (C=O) groups is 1. The van der Waals surface area contributed by atoms with Crippen molar-refractivity contribution in [1.29, 1.82) is 0 Å². The monoisotopic (exact) mass is 332 g/mol. The number of benzene rings is 1. The van der Waals surface area contributed by atoms with Crippen molar-refractivity contribution in [3.63, 3.8) is 0 Å². The molecule has 122 valence electrons. The summed E-state index contributed by atoms with van der Waals surface area (Å²) in [4.78, 5) is 14.5. The van der Waals surface area contributed by atoms with E-state index in [9.17, 15) is 4.79 Å². The molecule has 2 aromatic rings. The van der Waals surface area contributed by atoms with E-state index in [1.807, 2.05) is 12.1 Å². The number of rotatable bonds is 5. The number of furan rings is 1. The summed E-state index contributed by atoms with van der Waals surface area (Å²) >= 11 is 5.92. The van der Waals surface area contributed by atoms with Crippen LogP contribution in [0, 0.1) is 5.92 Å². The topological polar surface area (TPSA) is 45.5 Å². The first-order valence-corrected chi connectivity index (χ1v) is 8.37. The third-order valence-corrected chi connectivity index (χ3v) is 4.54. The largest absolute Gasteiger partial charge is 0.468 e. The molecule has 1 amide bonds. The van der Waals surface area contributed by atoms with Crippen molar-refractivity contribution in [1.82, 2.24) is 10.2 Å². The molecule has 0 saturated carbocycles. The van der Waals surface area contributed by atoms with Crippen LogP contribution in [0.25, 0.3) is 0 Å². The molecule has 2 heterocycles. The van der Waals surface area contributed by atoms with Crippen molar-refractivity contribution in [3.8, 4) is 0 Å². The van der Waals surface area contributed by atoms with E-state index in [-0.39, 0.29) is 5.91 Å². The maximum atomic E-state index is 12.1. The van der Waals surface area contributed by atoms with Crippen LogP contribution in [0.15, 0.2) is 47.1 Å². The molecule has 5 heteroatoms. The zero-order valence-corrected chi connectivity index (χ0v) is 13.8. The minimum atomic E-state index is -0.0504. The maximum Gasteiger partial charge on any atom is 0.251 e. The van der Waals surface area contributed by atoms with Crippen molar-refractivity contribution in [2.75, 3.05) is 19.6 Å². The molecule has 0 aliphatic carbocycles.